The van der Waals surface area contributed by atoms with Crippen molar-refractivity contribution >= 4 is 17.4 Å². The lowest BCUT2D eigenvalue weighted by molar-refractivity contribution is 0.0509. The molecular weight excluding hydrogens is 272 g/mol. The number of thiophene rings is 1. The molecule has 1 aromatic rings. The van der Waals surface area contributed by atoms with Crippen LogP contribution in [-0.4, -0.2) is 31.3 Å². The molecule has 2 heterocycles. The lowest BCUT2D eigenvalue weighted by Gasteiger charge is -2.37. The van der Waals surface area contributed by atoms with Gasteiger partial charge in [-0.2, -0.15) is 0 Å². The van der Waals surface area contributed by atoms with Crippen LogP contribution in [0.25, 0.3) is 0 Å². The average Bonchev–Trinajstić information content (AvgIpc) is 2.90. The minimum atomic E-state index is -0.450. The van der Waals surface area contributed by atoms with Crippen LogP contribution in [0, 0.1) is 0 Å². The van der Waals surface area contributed by atoms with Crippen molar-refractivity contribution in [1.82, 2.24) is 10.6 Å². The first kappa shape index (κ1) is 15.3. The summed E-state index contributed by atoms with van der Waals surface area (Å²) < 4.78 is 5.33. The van der Waals surface area contributed by atoms with Crippen molar-refractivity contribution in [3.05, 3.63) is 22.4 Å². The standard InChI is InChI=1S/C15H24N2O2S/c1-14(2,3)19-13(18)17-11-15(6-8-16-9-7-15)12-5-4-10-20-12/h4-5,10,16H,6-9,11H2,1-3H3,(H,17,18). The summed E-state index contributed by atoms with van der Waals surface area (Å²) in [5, 5.41) is 8.45. The number of carbonyl (C=O) groups excluding carboxylic acids is 1. The maximum atomic E-state index is 11.9. The van der Waals surface area contributed by atoms with E-state index in [2.05, 4.69) is 28.1 Å². The van der Waals surface area contributed by atoms with Gasteiger partial charge < -0.3 is 15.4 Å². The fraction of sp³-hybridized carbons (Fsp3) is 0.667. The number of piperidine rings is 1. The molecule has 1 aromatic heterocycles. The minimum Gasteiger partial charge on any atom is -0.444 e. The van der Waals surface area contributed by atoms with E-state index in [0.717, 1.165) is 25.9 Å². The zero-order valence-electron chi connectivity index (χ0n) is 12.5. The zero-order valence-corrected chi connectivity index (χ0v) is 13.3. The predicted octanol–water partition coefficient (Wildman–Crippen LogP) is 2.89. The Morgan fingerprint density at radius 3 is 2.70 bits per heavy atom. The second kappa shape index (κ2) is 6.14. The van der Waals surface area contributed by atoms with Crippen molar-refractivity contribution in [2.45, 2.75) is 44.6 Å². The highest BCUT2D eigenvalue weighted by Gasteiger charge is 2.35. The first-order valence-electron chi connectivity index (χ1n) is 7.13. The van der Waals surface area contributed by atoms with Gasteiger partial charge in [-0.3, -0.25) is 0 Å². The van der Waals surface area contributed by atoms with E-state index in [9.17, 15) is 4.79 Å². The summed E-state index contributed by atoms with van der Waals surface area (Å²) in [6.07, 6.45) is 1.76. The lowest BCUT2D eigenvalue weighted by atomic mass is 9.77. The van der Waals surface area contributed by atoms with Gasteiger partial charge in [-0.15, -0.1) is 11.3 Å². The van der Waals surface area contributed by atoms with Gasteiger partial charge in [-0.1, -0.05) is 6.07 Å². The molecule has 5 heteroatoms. The lowest BCUT2D eigenvalue weighted by Crippen LogP contribution is -2.48. The molecular formula is C15H24N2O2S. The molecule has 0 saturated carbocycles. The van der Waals surface area contributed by atoms with E-state index in [4.69, 9.17) is 4.74 Å². The fourth-order valence-electron chi connectivity index (χ4n) is 2.55. The number of amides is 1. The normalized spacial score (nSPS) is 18.6. The maximum Gasteiger partial charge on any atom is 0.407 e. The summed E-state index contributed by atoms with van der Waals surface area (Å²) >= 11 is 1.77. The van der Waals surface area contributed by atoms with Crippen molar-refractivity contribution in [1.29, 1.82) is 0 Å². The molecule has 2 N–H and O–H groups in total. The van der Waals surface area contributed by atoms with Crippen molar-refractivity contribution in [2.75, 3.05) is 19.6 Å². The Labute approximate surface area is 124 Å². The third kappa shape index (κ3) is 3.96. The molecule has 0 bridgehead atoms. The Morgan fingerprint density at radius 2 is 2.15 bits per heavy atom. The Morgan fingerprint density at radius 1 is 1.45 bits per heavy atom. The number of carbonyl (C=O) groups is 1. The zero-order chi connectivity index (χ0) is 14.6. The van der Waals surface area contributed by atoms with Gasteiger partial charge in [0.25, 0.3) is 0 Å². The van der Waals surface area contributed by atoms with Crippen molar-refractivity contribution in [3.8, 4) is 0 Å². The summed E-state index contributed by atoms with van der Waals surface area (Å²) in [5.41, 5.74) is -0.398. The number of alkyl carbamates (subject to hydrolysis) is 1. The second-order valence-electron chi connectivity index (χ2n) is 6.36. The number of hydrogen-bond donors (Lipinski definition) is 2. The van der Waals surface area contributed by atoms with Crippen LogP contribution < -0.4 is 10.6 Å². The van der Waals surface area contributed by atoms with Gasteiger partial charge in [0.2, 0.25) is 0 Å². The third-order valence-corrected chi connectivity index (χ3v) is 4.69. The van der Waals surface area contributed by atoms with Crippen LogP contribution in [0.5, 0.6) is 0 Å². The van der Waals surface area contributed by atoms with Crippen LogP contribution >= 0.6 is 11.3 Å². The monoisotopic (exact) mass is 296 g/mol. The van der Waals surface area contributed by atoms with Gasteiger partial charge in [0.15, 0.2) is 0 Å². The van der Waals surface area contributed by atoms with E-state index in [-0.39, 0.29) is 11.5 Å². The number of ether oxygens (including phenoxy) is 1. The van der Waals surface area contributed by atoms with Crippen LogP contribution in [-0.2, 0) is 10.2 Å². The SMILES string of the molecule is CC(C)(C)OC(=O)NCC1(c2cccs2)CCNCC1. The van der Waals surface area contributed by atoms with Gasteiger partial charge in [0.05, 0.1) is 0 Å². The molecule has 0 radical (unpaired) electrons. The first-order chi connectivity index (χ1) is 9.41. The summed E-state index contributed by atoms with van der Waals surface area (Å²) in [6, 6.07) is 4.25. The number of rotatable bonds is 3. The van der Waals surface area contributed by atoms with Crippen molar-refractivity contribution in [3.63, 3.8) is 0 Å². The van der Waals surface area contributed by atoms with E-state index >= 15 is 0 Å². The molecule has 1 aliphatic rings. The molecule has 4 nitrogen and oxygen atoms in total. The molecule has 20 heavy (non-hydrogen) atoms. The van der Waals surface area contributed by atoms with Crippen molar-refractivity contribution < 1.29 is 9.53 Å². The van der Waals surface area contributed by atoms with Gasteiger partial charge in [-0.25, -0.2) is 4.79 Å². The average molecular weight is 296 g/mol. The van der Waals surface area contributed by atoms with Gasteiger partial charge >= 0.3 is 6.09 Å². The first-order valence-corrected chi connectivity index (χ1v) is 8.01. The molecule has 1 aliphatic heterocycles. The predicted molar refractivity (Wildman–Crippen MR) is 82.3 cm³/mol. The summed E-state index contributed by atoms with van der Waals surface area (Å²) in [6.45, 7) is 8.27. The van der Waals surface area contributed by atoms with E-state index in [0.29, 0.717) is 6.54 Å². The van der Waals surface area contributed by atoms with Gasteiger partial charge in [0.1, 0.15) is 5.60 Å². The smallest absolute Gasteiger partial charge is 0.407 e. The number of nitrogens with one attached hydrogen (secondary N) is 2. The highest BCUT2D eigenvalue weighted by atomic mass is 32.1. The molecule has 1 saturated heterocycles. The molecule has 112 valence electrons. The largest absolute Gasteiger partial charge is 0.444 e. The molecule has 0 spiro atoms. The molecule has 0 aliphatic carbocycles. The highest BCUT2D eigenvalue weighted by molar-refractivity contribution is 7.10. The van der Waals surface area contributed by atoms with Gasteiger partial charge in [0, 0.05) is 16.8 Å². The van der Waals surface area contributed by atoms with Gasteiger partial charge in [-0.05, 0) is 58.1 Å². The summed E-state index contributed by atoms with van der Waals surface area (Å²) in [7, 11) is 0. The fourth-order valence-corrected chi connectivity index (χ4v) is 3.54. The highest BCUT2D eigenvalue weighted by Crippen LogP contribution is 2.35. The van der Waals surface area contributed by atoms with E-state index in [1.807, 2.05) is 20.8 Å². The Kier molecular flexibility index (Phi) is 4.70. The summed E-state index contributed by atoms with van der Waals surface area (Å²) in [5.74, 6) is 0. The molecule has 0 aromatic carbocycles. The maximum absolute atomic E-state index is 11.9. The summed E-state index contributed by atoms with van der Waals surface area (Å²) in [4.78, 5) is 13.2. The second-order valence-corrected chi connectivity index (χ2v) is 7.31. The molecule has 2 rings (SSSR count). The molecule has 1 amide bonds. The molecule has 1 fully saturated rings. The third-order valence-electron chi connectivity index (χ3n) is 3.57. The van der Waals surface area contributed by atoms with E-state index in [1.165, 1.54) is 4.88 Å². The Bertz CT molecular complexity index is 431. The number of hydrogen-bond acceptors (Lipinski definition) is 4. The van der Waals surface area contributed by atoms with Crippen LogP contribution in [0.2, 0.25) is 0 Å². The quantitative estimate of drug-likeness (QED) is 0.901. The molecule has 0 atom stereocenters. The minimum absolute atomic E-state index is 0.0519. The Hall–Kier alpha value is -1.07. The van der Waals surface area contributed by atoms with Crippen LogP contribution in [0.1, 0.15) is 38.5 Å². The van der Waals surface area contributed by atoms with Crippen molar-refractivity contribution in [2.24, 2.45) is 0 Å². The van der Waals surface area contributed by atoms with E-state index in [1.54, 1.807) is 11.3 Å². The van der Waals surface area contributed by atoms with Crippen LogP contribution in [0.15, 0.2) is 17.5 Å². The molecule has 0 unspecified atom stereocenters. The topological polar surface area (TPSA) is 50.4 Å². The van der Waals surface area contributed by atoms with E-state index < -0.39 is 5.60 Å². The van der Waals surface area contributed by atoms with Crippen LogP contribution in [0.3, 0.4) is 0 Å². The van der Waals surface area contributed by atoms with Crippen LogP contribution in [0.4, 0.5) is 4.79 Å². The Balaban J connectivity index is 2.01.